The summed E-state index contributed by atoms with van der Waals surface area (Å²) < 4.78 is 11.2. The minimum absolute atomic E-state index is 0.164. The number of unbranched alkanes of at least 4 members (excludes halogenated alkanes) is 1. The lowest BCUT2D eigenvalue weighted by Crippen LogP contribution is -2.16. The van der Waals surface area contributed by atoms with Gasteiger partial charge in [-0.1, -0.05) is 37.6 Å². The van der Waals surface area contributed by atoms with Gasteiger partial charge in [-0.25, -0.2) is 0 Å². The Morgan fingerprint density at radius 2 is 1.89 bits per heavy atom. The summed E-state index contributed by atoms with van der Waals surface area (Å²) >= 11 is 0. The third kappa shape index (κ3) is 3.87. The Hall–Kier alpha value is -3.08. The predicted octanol–water partition coefficient (Wildman–Crippen LogP) is 4.91. The molecule has 0 atom stereocenters. The number of benzene rings is 2. The van der Waals surface area contributed by atoms with E-state index in [4.69, 9.17) is 9.15 Å². The van der Waals surface area contributed by atoms with Gasteiger partial charge in [0, 0.05) is 6.42 Å². The van der Waals surface area contributed by atoms with Crippen LogP contribution in [0.25, 0.3) is 22.1 Å². The van der Waals surface area contributed by atoms with Crippen LogP contribution in [0.1, 0.15) is 31.7 Å². The van der Waals surface area contributed by atoms with Gasteiger partial charge in [0.1, 0.15) is 11.3 Å². The Kier molecular flexibility index (Phi) is 5.60. The quantitative estimate of drug-likeness (QED) is 0.674. The number of carbonyl (C=O) groups excluding carboxylic acids is 1. The van der Waals surface area contributed by atoms with E-state index in [1.807, 2.05) is 26.0 Å². The van der Waals surface area contributed by atoms with Gasteiger partial charge < -0.3 is 9.15 Å². The Morgan fingerprint density at radius 1 is 1.15 bits per heavy atom. The number of fused-ring (bicyclic) bond motifs is 1. The van der Waals surface area contributed by atoms with Gasteiger partial charge in [0.2, 0.25) is 17.2 Å². The largest absolute Gasteiger partial charge is 0.497 e. The number of para-hydroxylation sites is 1. The van der Waals surface area contributed by atoms with Crippen molar-refractivity contribution in [2.45, 2.75) is 33.1 Å². The van der Waals surface area contributed by atoms with E-state index in [0.717, 1.165) is 18.4 Å². The molecule has 2 aromatic carbocycles. The van der Waals surface area contributed by atoms with Crippen molar-refractivity contribution >= 4 is 22.8 Å². The van der Waals surface area contributed by atoms with E-state index in [1.54, 1.807) is 37.4 Å². The number of carbonyl (C=O) groups is 1. The topological polar surface area (TPSA) is 68.5 Å². The van der Waals surface area contributed by atoms with Crippen molar-refractivity contribution in [1.29, 1.82) is 0 Å². The molecule has 0 saturated carbocycles. The maximum absolute atomic E-state index is 13.2. The molecule has 0 aliphatic carbocycles. The van der Waals surface area contributed by atoms with Crippen LogP contribution < -0.4 is 15.5 Å². The molecule has 0 unspecified atom stereocenters. The zero-order valence-electron chi connectivity index (χ0n) is 15.8. The number of rotatable bonds is 6. The molecule has 3 rings (SSSR count). The highest BCUT2D eigenvalue weighted by atomic mass is 16.5. The Labute approximate surface area is 158 Å². The van der Waals surface area contributed by atoms with E-state index < -0.39 is 0 Å². The first-order chi connectivity index (χ1) is 13.0. The number of methoxy groups -OCH3 is 1. The molecule has 0 spiro atoms. The van der Waals surface area contributed by atoms with Crippen molar-refractivity contribution in [3.8, 4) is 16.9 Å². The molecule has 140 valence electrons. The van der Waals surface area contributed by atoms with Crippen LogP contribution in [-0.4, -0.2) is 13.0 Å². The molecular weight excluding hydrogens is 342 g/mol. The smallest absolute Gasteiger partial charge is 0.226 e. The maximum atomic E-state index is 13.2. The van der Waals surface area contributed by atoms with E-state index in [2.05, 4.69) is 5.32 Å². The number of hydrogen-bond acceptors (Lipinski definition) is 4. The van der Waals surface area contributed by atoms with Crippen LogP contribution in [0.15, 0.2) is 51.7 Å². The van der Waals surface area contributed by atoms with Gasteiger partial charge in [-0.2, -0.15) is 0 Å². The molecule has 0 saturated heterocycles. The number of aryl methyl sites for hydroxylation is 1. The lowest BCUT2D eigenvalue weighted by molar-refractivity contribution is -0.116. The molecular formula is C22H23NO4. The van der Waals surface area contributed by atoms with Gasteiger partial charge in [-0.05, 0) is 42.7 Å². The zero-order valence-corrected chi connectivity index (χ0v) is 15.8. The lowest BCUT2D eigenvalue weighted by atomic mass is 10.0. The van der Waals surface area contributed by atoms with Gasteiger partial charge in [-0.3, -0.25) is 14.9 Å². The van der Waals surface area contributed by atoms with Crippen LogP contribution in [0.4, 0.5) is 5.88 Å². The standard InChI is InChI=1S/C22H23NO4/c1-4-5-9-18(24)23-22-19(15-10-12-16(26-3)13-11-15)20(25)17-8-6-7-14(2)21(17)27-22/h6-8,10-13H,4-5,9H2,1-3H3,(H,23,24). The van der Waals surface area contributed by atoms with Crippen molar-refractivity contribution in [1.82, 2.24) is 0 Å². The number of anilines is 1. The molecule has 0 fully saturated rings. The number of amides is 1. The second-order valence-electron chi connectivity index (χ2n) is 6.47. The number of ether oxygens (including phenoxy) is 1. The molecule has 0 bridgehead atoms. The van der Waals surface area contributed by atoms with E-state index in [1.165, 1.54) is 0 Å². The number of hydrogen-bond donors (Lipinski definition) is 1. The molecule has 0 aliphatic rings. The third-order valence-electron chi connectivity index (χ3n) is 4.50. The van der Waals surface area contributed by atoms with Gasteiger partial charge in [0.05, 0.1) is 18.1 Å². The summed E-state index contributed by atoms with van der Waals surface area (Å²) in [6.45, 7) is 3.90. The zero-order chi connectivity index (χ0) is 19.4. The van der Waals surface area contributed by atoms with Crippen LogP contribution in [0.2, 0.25) is 0 Å². The molecule has 3 aromatic rings. The molecule has 1 heterocycles. The summed E-state index contributed by atoms with van der Waals surface area (Å²) in [6.07, 6.45) is 2.08. The summed E-state index contributed by atoms with van der Waals surface area (Å²) in [5.41, 5.74) is 2.18. The molecule has 27 heavy (non-hydrogen) atoms. The Bertz CT molecular complexity index is 1020. The Morgan fingerprint density at radius 3 is 2.56 bits per heavy atom. The number of nitrogens with one attached hydrogen (secondary N) is 1. The first-order valence-electron chi connectivity index (χ1n) is 9.05. The van der Waals surface area contributed by atoms with E-state index >= 15 is 0 Å². The first-order valence-corrected chi connectivity index (χ1v) is 9.05. The van der Waals surface area contributed by atoms with Gasteiger partial charge >= 0.3 is 0 Å². The average Bonchev–Trinajstić information content (AvgIpc) is 2.68. The molecule has 5 nitrogen and oxygen atoms in total. The normalized spacial score (nSPS) is 10.8. The molecule has 0 aliphatic heterocycles. The van der Waals surface area contributed by atoms with Crippen LogP contribution in [0.3, 0.4) is 0 Å². The van der Waals surface area contributed by atoms with E-state index in [-0.39, 0.29) is 17.2 Å². The minimum Gasteiger partial charge on any atom is -0.497 e. The molecule has 1 aromatic heterocycles. The summed E-state index contributed by atoms with van der Waals surface area (Å²) in [4.78, 5) is 25.5. The van der Waals surface area contributed by atoms with E-state index in [9.17, 15) is 9.59 Å². The van der Waals surface area contributed by atoms with Crippen LogP contribution >= 0.6 is 0 Å². The van der Waals surface area contributed by atoms with Crippen molar-refractivity contribution in [3.63, 3.8) is 0 Å². The van der Waals surface area contributed by atoms with E-state index in [0.29, 0.717) is 34.3 Å². The molecule has 1 amide bonds. The molecule has 0 radical (unpaired) electrons. The minimum atomic E-state index is -0.170. The van der Waals surface area contributed by atoms with Crippen LogP contribution in [-0.2, 0) is 4.79 Å². The van der Waals surface area contributed by atoms with Gasteiger partial charge in [0.15, 0.2) is 0 Å². The highest BCUT2D eigenvalue weighted by Gasteiger charge is 2.19. The van der Waals surface area contributed by atoms with Crippen molar-refractivity contribution in [3.05, 3.63) is 58.3 Å². The highest BCUT2D eigenvalue weighted by Crippen LogP contribution is 2.31. The fraction of sp³-hybridized carbons (Fsp3) is 0.273. The summed E-state index contributed by atoms with van der Waals surface area (Å²) in [5, 5.41) is 3.29. The lowest BCUT2D eigenvalue weighted by Gasteiger charge is -2.12. The maximum Gasteiger partial charge on any atom is 0.226 e. The fourth-order valence-corrected chi connectivity index (χ4v) is 2.99. The molecule has 1 N–H and O–H groups in total. The monoisotopic (exact) mass is 365 g/mol. The fourth-order valence-electron chi connectivity index (χ4n) is 2.99. The van der Waals surface area contributed by atoms with Gasteiger partial charge in [0.25, 0.3) is 0 Å². The first kappa shape index (κ1) is 18.7. The third-order valence-corrected chi connectivity index (χ3v) is 4.50. The van der Waals surface area contributed by atoms with Crippen molar-refractivity contribution < 1.29 is 13.9 Å². The predicted molar refractivity (Wildman–Crippen MR) is 107 cm³/mol. The van der Waals surface area contributed by atoms with Gasteiger partial charge in [-0.15, -0.1) is 0 Å². The summed E-state index contributed by atoms with van der Waals surface area (Å²) in [7, 11) is 1.58. The average molecular weight is 365 g/mol. The van der Waals surface area contributed by atoms with Crippen molar-refractivity contribution in [2.75, 3.05) is 12.4 Å². The van der Waals surface area contributed by atoms with Crippen LogP contribution in [0, 0.1) is 6.92 Å². The summed E-state index contributed by atoms with van der Waals surface area (Å²) in [6, 6.07) is 12.6. The van der Waals surface area contributed by atoms with Crippen LogP contribution in [0.5, 0.6) is 5.75 Å². The summed E-state index contributed by atoms with van der Waals surface area (Å²) in [5.74, 6) is 0.712. The highest BCUT2D eigenvalue weighted by molar-refractivity contribution is 5.96. The van der Waals surface area contributed by atoms with Crippen molar-refractivity contribution in [2.24, 2.45) is 0 Å². The SMILES string of the molecule is CCCCC(=O)Nc1oc2c(C)cccc2c(=O)c1-c1ccc(OC)cc1. The second-order valence-corrected chi connectivity index (χ2v) is 6.47. The Balaban J connectivity index is 2.18. The second kappa shape index (κ2) is 8.08. The molecule has 5 heteroatoms.